The summed E-state index contributed by atoms with van der Waals surface area (Å²) < 4.78 is 5.77. The first-order chi connectivity index (χ1) is 12.9. The normalized spacial score (nSPS) is 23.9. The van der Waals surface area contributed by atoms with Crippen LogP contribution in [-0.2, 0) is 11.2 Å². The van der Waals surface area contributed by atoms with Crippen LogP contribution in [0.3, 0.4) is 0 Å². The highest BCUT2D eigenvalue weighted by atomic mass is 16.6. The van der Waals surface area contributed by atoms with Gasteiger partial charge in [0, 0.05) is 12.1 Å². The number of benzene rings is 1. The quantitative estimate of drug-likeness (QED) is 0.878. The van der Waals surface area contributed by atoms with E-state index >= 15 is 0 Å². The van der Waals surface area contributed by atoms with Crippen molar-refractivity contribution in [2.45, 2.75) is 70.6 Å². The van der Waals surface area contributed by atoms with Crippen molar-refractivity contribution in [3.05, 3.63) is 35.4 Å². The van der Waals surface area contributed by atoms with E-state index in [0.29, 0.717) is 11.5 Å². The van der Waals surface area contributed by atoms with Gasteiger partial charge in [0.25, 0.3) is 0 Å². The van der Waals surface area contributed by atoms with Crippen molar-refractivity contribution in [2.75, 3.05) is 13.1 Å². The van der Waals surface area contributed by atoms with Crippen molar-refractivity contribution in [3.63, 3.8) is 0 Å². The molecule has 0 saturated carbocycles. The second-order valence-electron chi connectivity index (χ2n) is 8.79. The molecule has 2 atom stereocenters. The third-order valence-electron chi connectivity index (χ3n) is 5.61. The number of amides is 1. The highest BCUT2D eigenvalue weighted by Crippen LogP contribution is 2.36. The molecule has 2 saturated heterocycles. The summed E-state index contributed by atoms with van der Waals surface area (Å²) in [7, 11) is 0. The summed E-state index contributed by atoms with van der Waals surface area (Å²) >= 11 is 0. The molecule has 0 aromatic heterocycles. The zero-order valence-electron chi connectivity index (χ0n) is 16.7. The van der Waals surface area contributed by atoms with Crippen LogP contribution in [0.2, 0.25) is 0 Å². The Morgan fingerprint density at radius 2 is 2.00 bits per heavy atom. The molecule has 2 aliphatic heterocycles. The molecule has 2 aliphatic rings. The van der Waals surface area contributed by atoms with Crippen molar-refractivity contribution in [1.82, 2.24) is 10.2 Å². The maximum Gasteiger partial charge on any atom is 0.410 e. The lowest BCUT2D eigenvalue weighted by Gasteiger charge is -2.38. The zero-order chi connectivity index (χ0) is 19.4. The predicted molar refractivity (Wildman–Crippen MR) is 105 cm³/mol. The largest absolute Gasteiger partial charge is 0.444 e. The molecule has 0 spiro atoms. The Balaban J connectivity index is 1.80. The van der Waals surface area contributed by atoms with Gasteiger partial charge in [-0.05, 0) is 89.6 Å². The number of hydrogen-bond acceptors (Lipinski definition) is 4. The summed E-state index contributed by atoms with van der Waals surface area (Å²) in [6, 6.07) is 10.3. The van der Waals surface area contributed by atoms with E-state index in [0.717, 1.165) is 50.8 Å². The number of carbonyl (C=O) groups excluding carboxylic acids is 1. The smallest absolute Gasteiger partial charge is 0.410 e. The Kier molecular flexibility index (Phi) is 6.06. The van der Waals surface area contributed by atoms with Crippen molar-refractivity contribution in [2.24, 2.45) is 5.92 Å². The number of hydrogen-bond donors (Lipinski definition) is 1. The van der Waals surface area contributed by atoms with Gasteiger partial charge in [0.05, 0.1) is 11.6 Å². The van der Waals surface area contributed by atoms with Crippen molar-refractivity contribution < 1.29 is 9.53 Å². The van der Waals surface area contributed by atoms with E-state index in [1.165, 1.54) is 0 Å². The molecular formula is C22H31N3O2. The SMILES string of the molecule is CC(C)(C)OC(=O)N1[C@@H](Cc2cccc(C#N)c2)CC[C@H]1C1CCNCC1. The predicted octanol–water partition coefficient (Wildman–Crippen LogP) is 3.87. The average Bonchev–Trinajstić information content (AvgIpc) is 3.05. The lowest BCUT2D eigenvalue weighted by molar-refractivity contribution is 0.00717. The van der Waals surface area contributed by atoms with Gasteiger partial charge in [-0.3, -0.25) is 0 Å². The molecule has 0 aliphatic carbocycles. The fourth-order valence-electron chi connectivity index (χ4n) is 4.44. The maximum absolute atomic E-state index is 13.1. The number of ether oxygens (including phenoxy) is 1. The Morgan fingerprint density at radius 1 is 1.26 bits per heavy atom. The fourth-order valence-corrected chi connectivity index (χ4v) is 4.44. The second kappa shape index (κ2) is 8.31. The first-order valence-corrected chi connectivity index (χ1v) is 10.1. The topological polar surface area (TPSA) is 65.4 Å². The van der Waals surface area contributed by atoms with E-state index in [1.54, 1.807) is 0 Å². The summed E-state index contributed by atoms with van der Waals surface area (Å²) in [5.41, 5.74) is 1.28. The molecule has 3 rings (SSSR count). The molecule has 0 bridgehead atoms. The molecule has 0 radical (unpaired) electrons. The van der Waals surface area contributed by atoms with Gasteiger partial charge in [-0.1, -0.05) is 12.1 Å². The minimum atomic E-state index is -0.496. The minimum Gasteiger partial charge on any atom is -0.444 e. The molecule has 27 heavy (non-hydrogen) atoms. The number of nitrogens with zero attached hydrogens (tertiary/aromatic N) is 2. The van der Waals surface area contributed by atoms with Gasteiger partial charge in [0.2, 0.25) is 0 Å². The van der Waals surface area contributed by atoms with Crippen LogP contribution in [0.25, 0.3) is 0 Å². The van der Waals surface area contributed by atoms with Crippen molar-refractivity contribution in [1.29, 1.82) is 5.26 Å². The molecule has 0 unspecified atom stereocenters. The van der Waals surface area contributed by atoms with E-state index in [-0.39, 0.29) is 18.2 Å². The van der Waals surface area contributed by atoms with Crippen LogP contribution in [0.4, 0.5) is 4.79 Å². The van der Waals surface area contributed by atoms with Crippen LogP contribution in [0.15, 0.2) is 24.3 Å². The Labute approximate surface area is 162 Å². The van der Waals surface area contributed by atoms with Crippen LogP contribution < -0.4 is 5.32 Å². The summed E-state index contributed by atoms with van der Waals surface area (Å²) in [6.07, 6.45) is 4.83. The molecule has 2 heterocycles. The monoisotopic (exact) mass is 369 g/mol. The Hall–Kier alpha value is -2.06. The Morgan fingerprint density at radius 3 is 2.67 bits per heavy atom. The number of rotatable bonds is 3. The molecular weight excluding hydrogens is 338 g/mol. The number of piperidine rings is 1. The Bertz CT molecular complexity index is 698. The summed E-state index contributed by atoms with van der Waals surface area (Å²) in [5.74, 6) is 0.536. The number of nitrogens with one attached hydrogen (secondary N) is 1. The fraction of sp³-hybridized carbons (Fsp3) is 0.636. The van der Waals surface area contributed by atoms with Crippen LogP contribution in [0, 0.1) is 17.2 Å². The average molecular weight is 370 g/mol. The zero-order valence-corrected chi connectivity index (χ0v) is 16.7. The third kappa shape index (κ3) is 5.01. The van der Waals surface area contributed by atoms with Crippen LogP contribution in [0.5, 0.6) is 0 Å². The van der Waals surface area contributed by atoms with E-state index in [1.807, 2.05) is 49.9 Å². The summed E-state index contributed by atoms with van der Waals surface area (Å²) in [4.78, 5) is 15.1. The van der Waals surface area contributed by atoms with E-state index in [4.69, 9.17) is 10.00 Å². The summed E-state index contributed by atoms with van der Waals surface area (Å²) in [6.45, 7) is 7.82. The van der Waals surface area contributed by atoms with Crippen LogP contribution in [-0.4, -0.2) is 41.8 Å². The van der Waals surface area contributed by atoms with Crippen LogP contribution >= 0.6 is 0 Å². The van der Waals surface area contributed by atoms with Crippen molar-refractivity contribution in [3.8, 4) is 6.07 Å². The lowest BCUT2D eigenvalue weighted by Crippen LogP contribution is -2.49. The minimum absolute atomic E-state index is 0.133. The first kappa shape index (κ1) is 19.7. The lowest BCUT2D eigenvalue weighted by atomic mass is 9.89. The van der Waals surface area contributed by atoms with Gasteiger partial charge >= 0.3 is 6.09 Å². The van der Waals surface area contributed by atoms with Gasteiger partial charge in [-0.25, -0.2) is 4.79 Å². The first-order valence-electron chi connectivity index (χ1n) is 10.1. The molecule has 5 nitrogen and oxygen atoms in total. The highest BCUT2D eigenvalue weighted by molar-refractivity contribution is 5.69. The number of likely N-dealkylation sites (tertiary alicyclic amines) is 1. The third-order valence-corrected chi connectivity index (χ3v) is 5.61. The molecule has 2 fully saturated rings. The maximum atomic E-state index is 13.1. The molecule has 1 aromatic carbocycles. The molecule has 146 valence electrons. The molecule has 1 amide bonds. The van der Waals surface area contributed by atoms with Gasteiger partial charge in [-0.2, -0.15) is 5.26 Å². The standard InChI is InChI=1S/C22H31N3O2/c1-22(2,3)27-21(26)25-19(14-16-5-4-6-17(13-16)15-23)7-8-20(25)18-9-11-24-12-10-18/h4-6,13,18-20,24H,7-12,14H2,1-3H3/t19-,20+/m1/s1. The number of nitriles is 1. The van der Waals surface area contributed by atoms with E-state index < -0.39 is 5.60 Å². The van der Waals surface area contributed by atoms with Gasteiger partial charge < -0.3 is 15.0 Å². The van der Waals surface area contributed by atoms with Gasteiger partial charge in [-0.15, -0.1) is 0 Å². The van der Waals surface area contributed by atoms with E-state index in [9.17, 15) is 4.79 Å². The number of carbonyl (C=O) groups is 1. The summed E-state index contributed by atoms with van der Waals surface area (Å²) in [5, 5.41) is 12.6. The van der Waals surface area contributed by atoms with Crippen LogP contribution in [0.1, 0.15) is 57.6 Å². The van der Waals surface area contributed by atoms with Crippen molar-refractivity contribution >= 4 is 6.09 Å². The molecule has 5 heteroatoms. The second-order valence-corrected chi connectivity index (χ2v) is 8.79. The van der Waals surface area contributed by atoms with Gasteiger partial charge in [0.15, 0.2) is 0 Å². The van der Waals surface area contributed by atoms with E-state index in [2.05, 4.69) is 11.4 Å². The molecule has 1 N–H and O–H groups in total. The highest BCUT2D eigenvalue weighted by Gasteiger charge is 2.42. The van der Waals surface area contributed by atoms with Gasteiger partial charge in [0.1, 0.15) is 5.60 Å². The molecule has 1 aromatic rings.